The van der Waals surface area contributed by atoms with Crippen molar-refractivity contribution in [1.29, 1.82) is 0 Å². The van der Waals surface area contributed by atoms with Gasteiger partial charge in [-0.1, -0.05) is 36.4 Å². The van der Waals surface area contributed by atoms with E-state index in [-0.39, 0.29) is 0 Å². The summed E-state index contributed by atoms with van der Waals surface area (Å²) in [4.78, 5) is 23.3. The lowest BCUT2D eigenvalue weighted by Gasteiger charge is -2.19. The normalized spacial score (nSPS) is 10.9. The van der Waals surface area contributed by atoms with Crippen LogP contribution >= 0.6 is 0 Å². The third kappa shape index (κ3) is 4.37. The lowest BCUT2D eigenvalue weighted by molar-refractivity contribution is 0.0506. The largest absolute Gasteiger partial charge is 0.443 e. The highest BCUT2D eigenvalue weighted by Crippen LogP contribution is 2.22. The van der Waals surface area contributed by atoms with Gasteiger partial charge in [-0.2, -0.15) is 0 Å². The van der Waals surface area contributed by atoms with E-state index in [1.165, 1.54) is 0 Å². The van der Waals surface area contributed by atoms with Crippen molar-refractivity contribution in [1.82, 2.24) is 10.9 Å². The monoisotopic (exact) mass is 301 g/mol. The summed E-state index contributed by atoms with van der Waals surface area (Å²) in [5.41, 5.74) is 4.45. The molecule has 0 unspecified atom stereocenters. The van der Waals surface area contributed by atoms with E-state index in [1.807, 2.05) is 36.4 Å². The van der Waals surface area contributed by atoms with E-state index in [9.17, 15) is 9.59 Å². The molecule has 0 saturated carbocycles. The molecule has 0 atom stereocenters. The van der Waals surface area contributed by atoms with E-state index in [0.29, 0.717) is 5.69 Å². The lowest BCUT2D eigenvalue weighted by Crippen LogP contribution is -2.46. The second-order valence-corrected chi connectivity index (χ2v) is 5.73. The first-order valence-corrected chi connectivity index (χ1v) is 6.89. The van der Waals surface area contributed by atoms with Gasteiger partial charge in [-0.05, 0) is 32.2 Å². The number of urea groups is 1. The first kappa shape index (κ1) is 15.6. The number of fused-ring (bicyclic) bond motifs is 1. The van der Waals surface area contributed by atoms with Crippen LogP contribution < -0.4 is 16.2 Å². The fourth-order valence-corrected chi connectivity index (χ4v) is 1.90. The number of rotatable bonds is 1. The van der Waals surface area contributed by atoms with Gasteiger partial charge in [-0.3, -0.25) is 0 Å². The molecule has 0 radical (unpaired) electrons. The van der Waals surface area contributed by atoms with Crippen molar-refractivity contribution in [3.8, 4) is 0 Å². The summed E-state index contributed by atoms with van der Waals surface area (Å²) in [5, 5.41) is 4.61. The quantitative estimate of drug-likeness (QED) is 0.706. The molecular formula is C16H19N3O3. The Labute approximate surface area is 128 Å². The maximum Gasteiger partial charge on any atom is 0.426 e. The van der Waals surface area contributed by atoms with Crippen molar-refractivity contribution >= 4 is 28.6 Å². The Morgan fingerprint density at radius 3 is 2.36 bits per heavy atom. The van der Waals surface area contributed by atoms with Gasteiger partial charge in [-0.15, -0.1) is 0 Å². The number of hydrogen-bond donors (Lipinski definition) is 3. The average molecular weight is 301 g/mol. The Bertz CT molecular complexity index is 687. The fraction of sp³-hybridized carbons (Fsp3) is 0.250. The summed E-state index contributed by atoms with van der Waals surface area (Å²) in [5.74, 6) is 0. The number of hydrogen-bond acceptors (Lipinski definition) is 3. The SMILES string of the molecule is CC(C)(C)OC(=O)NNC(=O)Nc1cccc2ccccc12. The maximum absolute atomic E-state index is 11.8. The zero-order chi connectivity index (χ0) is 16.2. The molecule has 0 spiro atoms. The summed E-state index contributed by atoms with van der Waals surface area (Å²) < 4.78 is 5.02. The third-order valence-corrected chi connectivity index (χ3v) is 2.71. The highest BCUT2D eigenvalue weighted by Gasteiger charge is 2.16. The van der Waals surface area contributed by atoms with Gasteiger partial charge in [0.25, 0.3) is 0 Å². The fourth-order valence-electron chi connectivity index (χ4n) is 1.90. The third-order valence-electron chi connectivity index (χ3n) is 2.71. The van der Waals surface area contributed by atoms with Crippen molar-refractivity contribution in [3.05, 3.63) is 42.5 Å². The van der Waals surface area contributed by atoms with Gasteiger partial charge < -0.3 is 10.1 Å². The van der Waals surface area contributed by atoms with Gasteiger partial charge in [0.1, 0.15) is 5.60 Å². The number of ether oxygens (including phenoxy) is 1. The van der Waals surface area contributed by atoms with Gasteiger partial charge in [0.2, 0.25) is 0 Å². The van der Waals surface area contributed by atoms with Crippen molar-refractivity contribution in [3.63, 3.8) is 0 Å². The summed E-state index contributed by atoms with van der Waals surface area (Å²) in [6.45, 7) is 5.22. The molecule has 6 heteroatoms. The minimum absolute atomic E-state index is 0.554. The molecule has 22 heavy (non-hydrogen) atoms. The molecular weight excluding hydrogens is 282 g/mol. The Morgan fingerprint density at radius 2 is 1.64 bits per heavy atom. The Hall–Kier alpha value is -2.76. The first-order valence-electron chi connectivity index (χ1n) is 6.89. The summed E-state index contributed by atoms with van der Waals surface area (Å²) in [6, 6.07) is 12.7. The molecule has 6 nitrogen and oxygen atoms in total. The van der Waals surface area contributed by atoms with Crippen molar-refractivity contribution in [2.45, 2.75) is 26.4 Å². The highest BCUT2D eigenvalue weighted by atomic mass is 16.6. The van der Waals surface area contributed by atoms with Crippen LogP contribution in [-0.2, 0) is 4.74 Å². The zero-order valence-corrected chi connectivity index (χ0v) is 12.8. The molecule has 0 heterocycles. The van der Waals surface area contributed by atoms with Crippen LogP contribution in [-0.4, -0.2) is 17.7 Å². The number of amides is 3. The van der Waals surface area contributed by atoms with Crippen LogP contribution in [0.1, 0.15) is 20.8 Å². The molecule has 2 aromatic carbocycles. The van der Waals surface area contributed by atoms with E-state index in [4.69, 9.17) is 4.74 Å². The molecule has 0 saturated heterocycles. The average Bonchev–Trinajstić information content (AvgIpc) is 2.44. The van der Waals surface area contributed by atoms with Crippen LogP contribution in [0.5, 0.6) is 0 Å². The molecule has 2 aromatic rings. The standard InChI is InChI=1S/C16H19N3O3/c1-16(2,3)22-15(21)19-18-14(20)17-13-10-6-8-11-7-4-5-9-12(11)13/h4-10H,1-3H3,(H,19,21)(H2,17,18,20). The predicted octanol–water partition coefficient (Wildman–Crippen LogP) is 3.40. The molecule has 0 aliphatic heterocycles. The maximum atomic E-state index is 11.8. The smallest absolute Gasteiger partial charge is 0.426 e. The Kier molecular flexibility index (Phi) is 4.50. The molecule has 3 amide bonds. The van der Waals surface area contributed by atoms with Gasteiger partial charge >= 0.3 is 12.1 Å². The van der Waals surface area contributed by atoms with Crippen LogP contribution in [0.3, 0.4) is 0 Å². The minimum Gasteiger partial charge on any atom is -0.443 e. The molecule has 116 valence electrons. The topological polar surface area (TPSA) is 79.5 Å². The van der Waals surface area contributed by atoms with Gasteiger partial charge in [-0.25, -0.2) is 20.4 Å². The second-order valence-electron chi connectivity index (χ2n) is 5.73. The molecule has 0 aromatic heterocycles. The van der Waals surface area contributed by atoms with Crippen LogP contribution in [0, 0.1) is 0 Å². The molecule has 3 N–H and O–H groups in total. The number of hydrazine groups is 1. The number of nitrogens with one attached hydrogen (secondary N) is 3. The minimum atomic E-state index is -0.722. The number of anilines is 1. The summed E-state index contributed by atoms with van der Waals surface area (Å²) in [6.07, 6.45) is -0.722. The number of carbonyl (C=O) groups is 2. The van der Waals surface area contributed by atoms with Crippen LogP contribution in [0.2, 0.25) is 0 Å². The second kappa shape index (κ2) is 6.34. The lowest BCUT2D eigenvalue weighted by atomic mass is 10.1. The van der Waals surface area contributed by atoms with Crippen LogP contribution in [0.15, 0.2) is 42.5 Å². The summed E-state index contributed by atoms with van der Waals surface area (Å²) >= 11 is 0. The van der Waals surface area contributed by atoms with E-state index < -0.39 is 17.7 Å². The van der Waals surface area contributed by atoms with Gasteiger partial charge in [0.05, 0.1) is 5.69 Å². The van der Waals surface area contributed by atoms with E-state index >= 15 is 0 Å². The van der Waals surface area contributed by atoms with Gasteiger partial charge in [0, 0.05) is 5.39 Å². The number of benzene rings is 2. The van der Waals surface area contributed by atoms with E-state index in [2.05, 4.69) is 16.2 Å². The van der Waals surface area contributed by atoms with E-state index in [1.54, 1.807) is 26.8 Å². The van der Waals surface area contributed by atoms with Crippen molar-refractivity contribution < 1.29 is 14.3 Å². The zero-order valence-electron chi connectivity index (χ0n) is 12.8. The van der Waals surface area contributed by atoms with E-state index in [0.717, 1.165) is 10.8 Å². The summed E-state index contributed by atoms with van der Waals surface area (Å²) in [7, 11) is 0. The van der Waals surface area contributed by atoms with Crippen LogP contribution in [0.4, 0.5) is 15.3 Å². The van der Waals surface area contributed by atoms with Gasteiger partial charge in [0.15, 0.2) is 0 Å². The first-order chi connectivity index (χ1) is 10.3. The highest BCUT2D eigenvalue weighted by molar-refractivity contribution is 6.01. The van der Waals surface area contributed by atoms with Crippen LogP contribution in [0.25, 0.3) is 10.8 Å². The number of carbonyl (C=O) groups excluding carboxylic acids is 2. The molecule has 0 bridgehead atoms. The molecule has 2 rings (SSSR count). The molecule has 0 fully saturated rings. The van der Waals surface area contributed by atoms with Crippen molar-refractivity contribution in [2.24, 2.45) is 0 Å². The Balaban J connectivity index is 1.96. The van der Waals surface area contributed by atoms with Crippen molar-refractivity contribution in [2.75, 3.05) is 5.32 Å². The molecule has 0 aliphatic carbocycles. The predicted molar refractivity (Wildman–Crippen MR) is 85.5 cm³/mol. The molecule has 0 aliphatic rings. The Morgan fingerprint density at radius 1 is 0.955 bits per heavy atom.